The zero-order chi connectivity index (χ0) is 16.1. The molecule has 1 saturated heterocycles. The van der Waals surface area contributed by atoms with Crippen molar-refractivity contribution in [1.29, 1.82) is 0 Å². The van der Waals surface area contributed by atoms with Gasteiger partial charge >= 0.3 is 0 Å². The summed E-state index contributed by atoms with van der Waals surface area (Å²) < 4.78 is 0. The van der Waals surface area contributed by atoms with E-state index < -0.39 is 0 Å². The number of rotatable bonds is 5. The lowest BCUT2D eigenvalue weighted by atomic mass is 10.0. The first kappa shape index (κ1) is 18.5. The van der Waals surface area contributed by atoms with E-state index >= 15 is 0 Å². The Kier molecular flexibility index (Phi) is 6.79. The Hall–Kier alpha value is -1.88. The van der Waals surface area contributed by atoms with Crippen molar-refractivity contribution in [3.05, 3.63) is 60.2 Å². The van der Waals surface area contributed by atoms with Gasteiger partial charge in [-0.05, 0) is 16.7 Å². The summed E-state index contributed by atoms with van der Waals surface area (Å²) in [5, 5.41) is 15.7. The SMILES string of the molecule is Cl.O=C(Cc1ccc(-c2ccccc2)cc1)NCC1CNCC1O. The molecule has 2 unspecified atom stereocenters. The minimum atomic E-state index is -0.361. The van der Waals surface area contributed by atoms with Crippen molar-refractivity contribution in [3.8, 4) is 11.1 Å². The number of β-amino-alcohol motifs (C(OH)–C–C–N with tert-alkyl or cyclic N) is 1. The van der Waals surface area contributed by atoms with Crippen LogP contribution in [0.5, 0.6) is 0 Å². The molecule has 128 valence electrons. The summed E-state index contributed by atoms with van der Waals surface area (Å²) in [5.41, 5.74) is 3.31. The molecule has 2 atom stereocenters. The van der Waals surface area contributed by atoms with E-state index in [0.29, 0.717) is 19.5 Å². The van der Waals surface area contributed by atoms with Gasteiger partial charge in [0, 0.05) is 25.6 Å². The number of nitrogens with one attached hydrogen (secondary N) is 2. The number of aliphatic hydroxyl groups excluding tert-OH is 1. The molecule has 2 aromatic carbocycles. The highest BCUT2D eigenvalue weighted by molar-refractivity contribution is 5.85. The van der Waals surface area contributed by atoms with E-state index in [1.807, 2.05) is 42.5 Å². The number of hydrogen-bond acceptors (Lipinski definition) is 3. The Morgan fingerprint density at radius 2 is 1.71 bits per heavy atom. The molecule has 0 radical (unpaired) electrons. The Balaban J connectivity index is 0.00000208. The van der Waals surface area contributed by atoms with E-state index in [1.54, 1.807) is 0 Å². The summed E-state index contributed by atoms with van der Waals surface area (Å²) >= 11 is 0. The van der Waals surface area contributed by atoms with Crippen molar-refractivity contribution in [3.63, 3.8) is 0 Å². The molecule has 2 aromatic rings. The Bertz CT molecular complexity index is 646. The van der Waals surface area contributed by atoms with Gasteiger partial charge < -0.3 is 15.7 Å². The quantitative estimate of drug-likeness (QED) is 0.776. The number of halogens is 1. The predicted octanol–water partition coefficient (Wildman–Crippen LogP) is 2.01. The van der Waals surface area contributed by atoms with E-state index in [9.17, 15) is 9.90 Å². The number of carbonyl (C=O) groups excluding carboxylic acids is 1. The maximum atomic E-state index is 12.0. The maximum absolute atomic E-state index is 12.0. The second-order valence-corrected chi connectivity index (χ2v) is 6.03. The van der Waals surface area contributed by atoms with Gasteiger partial charge in [-0.15, -0.1) is 12.4 Å². The highest BCUT2D eigenvalue weighted by Gasteiger charge is 2.24. The zero-order valence-corrected chi connectivity index (χ0v) is 14.3. The molecule has 1 heterocycles. The van der Waals surface area contributed by atoms with Gasteiger partial charge in [-0.25, -0.2) is 0 Å². The summed E-state index contributed by atoms with van der Waals surface area (Å²) in [7, 11) is 0. The predicted molar refractivity (Wildman–Crippen MR) is 98.2 cm³/mol. The van der Waals surface area contributed by atoms with Crippen LogP contribution in [0.25, 0.3) is 11.1 Å². The van der Waals surface area contributed by atoms with Gasteiger partial charge in [0.15, 0.2) is 0 Å². The summed E-state index contributed by atoms with van der Waals surface area (Å²) in [6, 6.07) is 18.3. The summed E-state index contributed by atoms with van der Waals surface area (Å²) in [6.45, 7) is 1.89. The van der Waals surface area contributed by atoms with Crippen LogP contribution in [0.3, 0.4) is 0 Å². The van der Waals surface area contributed by atoms with E-state index in [4.69, 9.17) is 0 Å². The van der Waals surface area contributed by atoms with Crippen molar-refractivity contribution in [2.45, 2.75) is 12.5 Å². The molecular formula is C19H23ClN2O2. The fourth-order valence-corrected chi connectivity index (χ4v) is 2.87. The molecule has 0 saturated carbocycles. The first-order valence-electron chi connectivity index (χ1n) is 8.02. The molecule has 3 rings (SSSR count). The second-order valence-electron chi connectivity index (χ2n) is 6.03. The van der Waals surface area contributed by atoms with E-state index in [1.165, 1.54) is 5.56 Å². The molecule has 1 aliphatic rings. The zero-order valence-electron chi connectivity index (χ0n) is 13.4. The van der Waals surface area contributed by atoms with Crippen molar-refractivity contribution >= 4 is 18.3 Å². The third-order valence-corrected chi connectivity index (χ3v) is 4.29. The molecule has 3 N–H and O–H groups in total. The minimum absolute atomic E-state index is 0. The highest BCUT2D eigenvalue weighted by atomic mass is 35.5. The third-order valence-electron chi connectivity index (χ3n) is 4.29. The standard InChI is InChI=1S/C19H22N2O2.ClH/c22-18-13-20-11-17(18)12-21-19(23)10-14-6-8-16(9-7-14)15-4-2-1-3-5-15;/h1-9,17-18,20,22H,10-13H2,(H,21,23);1H. The summed E-state index contributed by atoms with van der Waals surface area (Å²) in [5.74, 6) is 0.107. The molecule has 0 aliphatic carbocycles. The molecule has 0 spiro atoms. The van der Waals surface area contributed by atoms with Crippen LogP contribution < -0.4 is 10.6 Å². The van der Waals surface area contributed by atoms with E-state index in [2.05, 4.69) is 22.8 Å². The molecule has 0 bridgehead atoms. The number of carbonyl (C=O) groups is 1. The van der Waals surface area contributed by atoms with Gasteiger partial charge in [0.05, 0.1) is 12.5 Å². The van der Waals surface area contributed by atoms with Crippen LogP contribution in [0.4, 0.5) is 0 Å². The molecule has 1 aliphatic heterocycles. The average Bonchev–Trinajstić information content (AvgIpc) is 3.00. The summed E-state index contributed by atoms with van der Waals surface area (Å²) in [6.07, 6.45) is 0.00569. The van der Waals surface area contributed by atoms with Crippen molar-refractivity contribution < 1.29 is 9.90 Å². The topological polar surface area (TPSA) is 61.4 Å². The van der Waals surface area contributed by atoms with Crippen LogP contribution in [0, 0.1) is 5.92 Å². The van der Waals surface area contributed by atoms with Crippen LogP contribution in [-0.2, 0) is 11.2 Å². The average molecular weight is 347 g/mol. The van der Waals surface area contributed by atoms with E-state index in [-0.39, 0.29) is 30.3 Å². The first-order chi connectivity index (χ1) is 11.2. The maximum Gasteiger partial charge on any atom is 0.224 e. The van der Waals surface area contributed by atoms with Gasteiger partial charge in [-0.1, -0.05) is 54.6 Å². The fourth-order valence-electron chi connectivity index (χ4n) is 2.87. The number of amides is 1. The monoisotopic (exact) mass is 346 g/mol. The normalized spacial score (nSPS) is 19.5. The van der Waals surface area contributed by atoms with Crippen LogP contribution in [0.1, 0.15) is 5.56 Å². The minimum Gasteiger partial charge on any atom is -0.391 e. The van der Waals surface area contributed by atoms with Crippen LogP contribution in [0.15, 0.2) is 54.6 Å². The summed E-state index contributed by atoms with van der Waals surface area (Å²) in [4.78, 5) is 12.0. The molecule has 4 nitrogen and oxygen atoms in total. The lowest BCUT2D eigenvalue weighted by molar-refractivity contribution is -0.120. The second kappa shape index (κ2) is 8.83. The molecule has 24 heavy (non-hydrogen) atoms. The van der Waals surface area contributed by atoms with Gasteiger partial charge in [0.2, 0.25) is 5.91 Å². The Morgan fingerprint density at radius 3 is 2.33 bits per heavy atom. The van der Waals surface area contributed by atoms with Crippen LogP contribution >= 0.6 is 12.4 Å². The lowest BCUT2D eigenvalue weighted by Crippen LogP contribution is -2.35. The van der Waals surface area contributed by atoms with Gasteiger partial charge in [-0.3, -0.25) is 4.79 Å². The first-order valence-corrected chi connectivity index (χ1v) is 8.02. The third kappa shape index (κ3) is 4.81. The highest BCUT2D eigenvalue weighted by Crippen LogP contribution is 2.19. The smallest absolute Gasteiger partial charge is 0.224 e. The van der Waals surface area contributed by atoms with Gasteiger partial charge in [0.1, 0.15) is 0 Å². The van der Waals surface area contributed by atoms with Crippen LogP contribution in [-0.4, -0.2) is 36.8 Å². The molecule has 1 amide bonds. The number of aliphatic hydroxyl groups is 1. The van der Waals surface area contributed by atoms with Gasteiger partial charge in [-0.2, -0.15) is 0 Å². The Morgan fingerprint density at radius 1 is 1.04 bits per heavy atom. The fraction of sp³-hybridized carbons (Fsp3) is 0.316. The lowest BCUT2D eigenvalue weighted by Gasteiger charge is -2.14. The Labute approximate surface area is 148 Å². The number of hydrogen-bond donors (Lipinski definition) is 3. The van der Waals surface area contributed by atoms with Crippen LogP contribution in [0.2, 0.25) is 0 Å². The molecule has 1 fully saturated rings. The molecule has 0 aromatic heterocycles. The van der Waals surface area contributed by atoms with E-state index in [0.717, 1.165) is 17.7 Å². The van der Waals surface area contributed by atoms with Crippen molar-refractivity contribution in [2.24, 2.45) is 5.92 Å². The molecule has 5 heteroatoms. The largest absolute Gasteiger partial charge is 0.391 e. The number of benzene rings is 2. The van der Waals surface area contributed by atoms with Crippen molar-refractivity contribution in [1.82, 2.24) is 10.6 Å². The molecular weight excluding hydrogens is 324 g/mol. The van der Waals surface area contributed by atoms with Gasteiger partial charge in [0.25, 0.3) is 0 Å². The van der Waals surface area contributed by atoms with Crippen molar-refractivity contribution in [2.75, 3.05) is 19.6 Å².